The van der Waals surface area contributed by atoms with E-state index < -0.39 is 0 Å². The molecule has 3 rings (SSSR count). The van der Waals surface area contributed by atoms with Crippen LogP contribution < -0.4 is 10.6 Å². The van der Waals surface area contributed by atoms with Crippen molar-refractivity contribution in [3.8, 4) is 0 Å². The molecule has 1 aliphatic heterocycles. The Hall–Kier alpha value is -2.86. The van der Waals surface area contributed by atoms with Crippen molar-refractivity contribution >= 4 is 17.6 Å². The lowest BCUT2D eigenvalue weighted by Gasteiger charge is -2.26. The minimum absolute atomic E-state index is 0.0182. The van der Waals surface area contributed by atoms with Crippen LogP contribution in [0.25, 0.3) is 0 Å². The molecule has 0 spiro atoms. The minimum Gasteiger partial charge on any atom is -0.378 e. The molecule has 0 aliphatic carbocycles. The van der Waals surface area contributed by atoms with Crippen LogP contribution in [-0.4, -0.2) is 43.1 Å². The Labute approximate surface area is 146 Å². The van der Waals surface area contributed by atoms with Crippen molar-refractivity contribution in [3.63, 3.8) is 0 Å². The van der Waals surface area contributed by atoms with Gasteiger partial charge in [0.05, 0.1) is 13.2 Å². The van der Waals surface area contributed by atoms with Gasteiger partial charge in [0, 0.05) is 30.9 Å². The normalized spacial score (nSPS) is 14.0. The van der Waals surface area contributed by atoms with Crippen LogP contribution in [0.2, 0.25) is 0 Å². The summed E-state index contributed by atoms with van der Waals surface area (Å²) in [6.45, 7) is 2.82. The molecule has 6 heteroatoms. The average Bonchev–Trinajstić information content (AvgIpc) is 2.68. The van der Waals surface area contributed by atoms with Crippen LogP contribution in [0, 0.1) is 0 Å². The van der Waals surface area contributed by atoms with Gasteiger partial charge in [-0.15, -0.1) is 0 Å². The number of rotatable bonds is 4. The molecule has 3 amide bonds. The second-order valence-electron chi connectivity index (χ2n) is 5.78. The lowest BCUT2D eigenvalue weighted by Crippen LogP contribution is -2.40. The van der Waals surface area contributed by atoms with E-state index in [9.17, 15) is 9.59 Å². The fourth-order valence-corrected chi connectivity index (χ4v) is 2.59. The molecular weight excluding hydrogens is 318 g/mol. The number of amides is 3. The number of hydrogen-bond donors (Lipinski definition) is 2. The summed E-state index contributed by atoms with van der Waals surface area (Å²) in [5.41, 5.74) is 2.33. The maximum atomic E-state index is 12.4. The van der Waals surface area contributed by atoms with Crippen LogP contribution in [0.1, 0.15) is 15.9 Å². The highest BCUT2D eigenvalue weighted by molar-refractivity contribution is 5.94. The Morgan fingerprint density at radius 3 is 2.32 bits per heavy atom. The molecule has 1 fully saturated rings. The molecule has 0 unspecified atom stereocenters. The Bertz CT molecular complexity index is 710. The molecular formula is C19H21N3O3. The topological polar surface area (TPSA) is 70.7 Å². The molecule has 1 aliphatic rings. The van der Waals surface area contributed by atoms with Gasteiger partial charge in [0.25, 0.3) is 5.91 Å². The maximum Gasteiger partial charge on any atom is 0.319 e. The van der Waals surface area contributed by atoms with Crippen LogP contribution >= 0.6 is 0 Å². The Morgan fingerprint density at radius 1 is 0.960 bits per heavy atom. The zero-order valence-corrected chi connectivity index (χ0v) is 13.9. The minimum atomic E-state index is -0.264. The number of hydrogen-bond acceptors (Lipinski definition) is 3. The van der Waals surface area contributed by atoms with Crippen molar-refractivity contribution in [2.45, 2.75) is 6.54 Å². The van der Waals surface area contributed by atoms with Crippen molar-refractivity contribution in [1.82, 2.24) is 10.2 Å². The van der Waals surface area contributed by atoms with Crippen molar-refractivity contribution in [3.05, 3.63) is 65.7 Å². The molecule has 0 saturated carbocycles. The van der Waals surface area contributed by atoms with Gasteiger partial charge in [-0.2, -0.15) is 0 Å². The summed E-state index contributed by atoms with van der Waals surface area (Å²) in [5, 5.41) is 5.56. The molecule has 1 saturated heterocycles. The van der Waals surface area contributed by atoms with E-state index in [1.807, 2.05) is 42.5 Å². The van der Waals surface area contributed by atoms with Crippen molar-refractivity contribution < 1.29 is 14.3 Å². The smallest absolute Gasteiger partial charge is 0.319 e. The van der Waals surface area contributed by atoms with E-state index in [1.165, 1.54) is 0 Å². The number of morpholine rings is 1. The summed E-state index contributed by atoms with van der Waals surface area (Å²) in [4.78, 5) is 26.0. The second kappa shape index (κ2) is 8.30. The first-order valence-electron chi connectivity index (χ1n) is 8.28. The van der Waals surface area contributed by atoms with E-state index in [0.717, 1.165) is 11.3 Å². The number of nitrogens with zero attached hydrogens (tertiary/aromatic N) is 1. The second-order valence-corrected chi connectivity index (χ2v) is 5.78. The molecule has 2 aromatic rings. The fourth-order valence-electron chi connectivity index (χ4n) is 2.59. The number of ether oxygens (including phenoxy) is 1. The summed E-state index contributed by atoms with van der Waals surface area (Å²) in [6.07, 6.45) is 0. The lowest BCUT2D eigenvalue weighted by atomic mass is 10.1. The number of urea groups is 1. The molecule has 6 nitrogen and oxygen atoms in total. The summed E-state index contributed by atoms with van der Waals surface area (Å²) in [6, 6.07) is 16.3. The standard InChI is InChI=1S/C19H21N3O3/c23-18(22-10-12-25-13-11-22)16-8-6-15(7-9-16)14-20-19(24)21-17-4-2-1-3-5-17/h1-9H,10-14H2,(H2,20,21,24). The van der Waals surface area contributed by atoms with E-state index in [1.54, 1.807) is 17.0 Å². The Balaban J connectivity index is 1.50. The number of para-hydroxylation sites is 1. The predicted octanol–water partition coefficient (Wildman–Crippen LogP) is 2.48. The Morgan fingerprint density at radius 2 is 1.64 bits per heavy atom. The van der Waals surface area contributed by atoms with Crippen LogP contribution in [0.3, 0.4) is 0 Å². The first-order chi connectivity index (χ1) is 12.2. The molecule has 25 heavy (non-hydrogen) atoms. The van der Waals surface area contributed by atoms with Gasteiger partial charge in [0.2, 0.25) is 0 Å². The summed E-state index contributed by atoms with van der Waals surface area (Å²) < 4.78 is 5.26. The predicted molar refractivity (Wildman–Crippen MR) is 95.5 cm³/mol. The van der Waals surface area contributed by atoms with Crippen LogP contribution in [0.4, 0.5) is 10.5 Å². The quantitative estimate of drug-likeness (QED) is 0.899. The third kappa shape index (κ3) is 4.81. The number of carbonyl (C=O) groups excluding carboxylic acids is 2. The number of benzene rings is 2. The van der Waals surface area contributed by atoms with Crippen molar-refractivity contribution in [2.75, 3.05) is 31.6 Å². The van der Waals surface area contributed by atoms with Gasteiger partial charge in [0.15, 0.2) is 0 Å². The summed E-state index contributed by atoms with van der Waals surface area (Å²) in [5.74, 6) is 0.0182. The van der Waals surface area contributed by atoms with Crippen molar-refractivity contribution in [1.29, 1.82) is 0 Å². The first kappa shape index (κ1) is 17.0. The van der Waals surface area contributed by atoms with E-state index in [0.29, 0.717) is 38.4 Å². The number of carbonyl (C=O) groups is 2. The third-order valence-corrected chi connectivity index (χ3v) is 3.98. The maximum absolute atomic E-state index is 12.4. The van der Waals surface area contributed by atoms with Gasteiger partial charge >= 0.3 is 6.03 Å². The first-order valence-corrected chi connectivity index (χ1v) is 8.28. The number of anilines is 1. The molecule has 2 N–H and O–H groups in total. The SMILES string of the molecule is O=C(NCc1ccc(C(=O)N2CCOCC2)cc1)Nc1ccccc1. The van der Waals surface area contributed by atoms with Gasteiger partial charge in [-0.3, -0.25) is 4.79 Å². The highest BCUT2D eigenvalue weighted by Crippen LogP contribution is 2.10. The van der Waals surface area contributed by atoms with Gasteiger partial charge in [0.1, 0.15) is 0 Å². The van der Waals surface area contributed by atoms with Crippen LogP contribution in [-0.2, 0) is 11.3 Å². The number of nitrogens with one attached hydrogen (secondary N) is 2. The van der Waals surface area contributed by atoms with Crippen LogP contribution in [0.15, 0.2) is 54.6 Å². The zero-order valence-electron chi connectivity index (χ0n) is 13.9. The molecule has 0 bridgehead atoms. The van der Waals surface area contributed by atoms with Gasteiger partial charge < -0.3 is 20.3 Å². The zero-order chi connectivity index (χ0) is 17.5. The molecule has 2 aromatic carbocycles. The Kier molecular flexibility index (Phi) is 5.64. The molecule has 0 atom stereocenters. The van der Waals surface area contributed by atoms with E-state index in [2.05, 4.69) is 10.6 Å². The fraction of sp³-hybridized carbons (Fsp3) is 0.263. The van der Waals surface area contributed by atoms with Crippen LogP contribution in [0.5, 0.6) is 0 Å². The summed E-state index contributed by atoms with van der Waals surface area (Å²) in [7, 11) is 0. The average molecular weight is 339 g/mol. The molecule has 0 radical (unpaired) electrons. The monoisotopic (exact) mass is 339 g/mol. The summed E-state index contributed by atoms with van der Waals surface area (Å²) >= 11 is 0. The molecule has 1 heterocycles. The lowest BCUT2D eigenvalue weighted by molar-refractivity contribution is 0.0303. The van der Waals surface area contributed by atoms with E-state index >= 15 is 0 Å². The molecule has 0 aromatic heterocycles. The van der Waals surface area contributed by atoms with Gasteiger partial charge in [-0.1, -0.05) is 30.3 Å². The highest BCUT2D eigenvalue weighted by atomic mass is 16.5. The largest absolute Gasteiger partial charge is 0.378 e. The molecule has 130 valence electrons. The highest BCUT2D eigenvalue weighted by Gasteiger charge is 2.18. The van der Waals surface area contributed by atoms with E-state index in [4.69, 9.17) is 4.74 Å². The van der Waals surface area contributed by atoms with Crippen molar-refractivity contribution in [2.24, 2.45) is 0 Å². The van der Waals surface area contributed by atoms with E-state index in [-0.39, 0.29) is 11.9 Å². The van der Waals surface area contributed by atoms with Gasteiger partial charge in [-0.05, 0) is 29.8 Å². The third-order valence-electron chi connectivity index (χ3n) is 3.98. The van der Waals surface area contributed by atoms with Gasteiger partial charge in [-0.25, -0.2) is 4.79 Å².